The van der Waals surface area contributed by atoms with Crippen molar-refractivity contribution in [1.82, 2.24) is 5.43 Å². The van der Waals surface area contributed by atoms with E-state index in [4.69, 9.17) is 15.2 Å². The first-order valence-electron chi connectivity index (χ1n) is 8.70. The standard InChI is InChI=1S/C22H21N3O3/c1-27-20-13-7-10-17(21(20)28-15-16-8-3-2-4-9-16)14-24-25-22(26)18-11-5-6-12-19(18)23/h2-14H,15,23H2,1H3,(H,25,26)/b24-14+. The Kier molecular flexibility index (Phi) is 6.25. The Balaban J connectivity index is 1.75. The van der Waals surface area contributed by atoms with Crippen LogP contribution in [0.3, 0.4) is 0 Å². The highest BCUT2D eigenvalue weighted by atomic mass is 16.5. The smallest absolute Gasteiger partial charge is 0.273 e. The lowest BCUT2D eigenvalue weighted by Crippen LogP contribution is -2.19. The zero-order valence-corrected chi connectivity index (χ0v) is 15.5. The van der Waals surface area contributed by atoms with Gasteiger partial charge in [-0.05, 0) is 29.8 Å². The summed E-state index contributed by atoms with van der Waals surface area (Å²) >= 11 is 0. The van der Waals surface area contributed by atoms with Crippen LogP contribution in [-0.2, 0) is 6.61 Å². The summed E-state index contributed by atoms with van der Waals surface area (Å²) in [6.45, 7) is 0.384. The van der Waals surface area contributed by atoms with E-state index >= 15 is 0 Å². The number of rotatable bonds is 7. The summed E-state index contributed by atoms with van der Waals surface area (Å²) in [6.07, 6.45) is 1.51. The second kappa shape index (κ2) is 9.23. The lowest BCUT2D eigenvalue weighted by atomic mass is 10.2. The number of hydrogen-bond acceptors (Lipinski definition) is 5. The molecule has 6 nitrogen and oxygen atoms in total. The van der Waals surface area contributed by atoms with Crippen LogP contribution in [0.5, 0.6) is 11.5 Å². The molecule has 0 fully saturated rings. The van der Waals surface area contributed by atoms with Crippen molar-refractivity contribution >= 4 is 17.8 Å². The molecule has 0 spiro atoms. The van der Waals surface area contributed by atoms with E-state index < -0.39 is 0 Å². The fourth-order valence-corrected chi connectivity index (χ4v) is 2.60. The third-order valence-electron chi connectivity index (χ3n) is 4.03. The maximum atomic E-state index is 12.2. The van der Waals surface area contributed by atoms with Crippen LogP contribution < -0.4 is 20.6 Å². The first-order chi connectivity index (χ1) is 13.7. The van der Waals surface area contributed by atoms with Crippen LogP contribution in [0.1, 0.15) is 21.5 Å². The number of methoxy groups -OCH3 is 1. The van der Waals surface area contributed by atoms with Crippen LogP contribution in [0.25, 0.3) is 0 Å². The van der Waals surface area contributed by atoms with Gasteiger partial charge < -0.3 is 15.2 Å². The van der Waals surface area contributed by atoms with Crippen molar-refractivity contribution in [3.8, 4) is 11.5 Å². The molecule has 0 saturated heterocycles. The Bertz CT molecular complexity index is 972. The molecule has 142 valence electrons. The number of hydrazone groups is 1. The molecule has 0 aliphatic heterocycles. The Morgan fingerprint density at radius 1 is 1.04 bits per heavy atom. The van der Waals surface area contributed by atoms with Gasteiger partial charge in [0.1, 0.15) is 6.61 Å². The summed E-state index contributed by atoms with van der Waals surface area (Å²) in [5.41, 5.74) is 10.8. The lowest BCUT2D eigenvalue weighted by molar-refractivity contribution is 0.0956. The molecule has 0 aromatic heterocycles. The van der Waals surface area contributed by atoms with E-state index in [1.165, 1.54) is 6.21 Å². The molecule has 3 N–H and O–H groups in total. The van der Waals surface area contributed by atoms with Gasteiger partial charge in [-0.25, -0.2) is 5.43 Å². The fraction of sp³-hybridized carbons (Fsp3) is 0.0909. The first kappa shape index (κ1) is 19.0. The number of carbonyl (C=O) groups is 1. The van der Waals surface area contributed by atoms with E-state index in [1.54, 1.807) is 37.4 Å². The highest BCUT2D eigenvalue weighted by Crippen LogP contribution is 2.30. The monoisotopic (exact) mass is 375 g/mol. The van der Waals surface area contributed by atoms with Gasteiger partial charge in [0.2, 0.25) is 0 Å². The highest BCUT2D eigenvalue weighted by Gasteiger charge is 2.11. The van der Waals surface area contributed by atoms with Gasteiger partial charge in [0.05, 0.1) is 18.9 Å². The molecule has 0 bridgehead atoms. The Hall–Kier alpha value is -3.80. The summed E-state index contributed by atoms with van der Waals surface area (Å²) in [7, 11) is 1.57. The number of anilines is 1. The van der Waals surface area contributed by atoms with Crippen LogP contribution in [0.15, 0.2) is 77.9 Å². The molecule has 0 saturated carbocycles. The normalized spacial score (nSPS) is 10.6. The van der Waals surface area contributed by atoms with E-state index in [0.717, 1.165) is 5.56 Å². The number of amides is 1. The van der Waals surface area contributed by atoms with Gasteiger partial charge in [0.15, 0.2) is 11.5 Å². The van der Waals surface area contributed by atoms with Crippen molar-refractivity contribution in [3.05, 3.63) is 89.5 Å². The molecular formula is C22H21N3O3. The molecule has 0 aliphatic carbocycles. The fourth-order valence-electron chi connectivity index (χ4n) is 2.60. The van der Waals surface area contributed by atoms with E-state index in [-0.39, 0.29) is 5.91 Å². The SMILES string of the molecule is COc1cccc(/C=N/NC(=O)c2ccccc2N)c1OCc1ccccc1. The molecular weight excluding hydrogens is 354 g/mol. The number of para-hydroxylation sites is 2. The van der Waals surface area contributed by atoms with Crippen LogP contribution in [-0.4, -0.2) is 19.2 Å². The maximum Gasteiger partial charge on any atom is 0.273 e. The molecule has 3 aromatic carbocycles. The molecule has 0 heterocycles. The molecule has 6 heteroatoms. The quantitative estimate of drug-likeness (QED) is 0.375. The predicted octanol–water partition coefficient (Wildman–Crippen LogP) is 3.62. The van der Waals surface area contributed by atoms with Crippen molar-refractivity contribution < 1.29 is 14.3 Å². The molecule has 0 radical (unpaired) electrons. The largest absolute Gasteiger partial charge is 0.493 e. The van der Waals surface area contributed by atoms with Crippen molar-refractivity contribution in [1.29, 1.82) is 0 Å². The predicted molar refractivity (Wildman–Crippen MR) is 110 cm³/mol. The molecule has 28 heavy (non-hydrogen) atoms. The van der Waals surface area contributed by atoms with E-state index in [0.29, 0.717) is 34.9 Å². The number of hydrogen-bond donors (Lipinski definition) is 2. The highest BCUT2D eigenvalue weighted by molar-refractivity contribution is 5.99. The molecule has 1 amide bonds. The van der Waals surface area contributed by atoms with Gasteiger partial charge in [-0.2, -0.15) is 5.10 Å². The molecule has 0 aliphatic rings. The third kappa shape index (κ3) is 4.67. The van der Waals surface area contributed by atoms with Crippen molar-refractivity contribution in [2.45, 2.75) is 6.61 Å². The van der Waals surface area contributed by atoms with Crippen LogP contribution in [0.4, 0.5) is 5.69 Å². The Labute approximate surface area is 163 Å². The second-order valence-corrected chi connectivity index (χ2v) is 5.94. The van der Waals surface area contributed by atoms with E-state index in [2.05, 4.69) is 10.5 Å². The van der Waals surface area contributed by atoms with Gasteiger partial charge in [0.25, 0.3) is 5.91 Å². The average molecular weight is 375 g/mol. The topological polar surface area (TPSA) is 85.9 Å². The van der Waals surface area contributed by atoms with Gasteiger partial charge in [-0.3, -0.25) is 4.79 Å². The van der Waals surface area contributed by atoms with Crippen molar-refractivity contribution in [2.24, 2.45) is 5.10 Å². The number of nitrogen functional groups attached to an aromatic ring is 1. The minimum atomic E-state index is -0.385. The molecule has 0 unspecified atom stereocenters. The van der Waals surface area contributed by atoms with E-state index in [9.17, 15) is 4.79 Å². The number of nitrogens with one attached hydrogen (secondary N) is 1. The molecule has 3 rings (SSSR count). The number of nitrogens with zero attached hydrogens (tertiary/aromatic N) is 1. The number of benzene rings is 3. The zero-order valence-electron chi connectivity index (χ0n) is 15.5. The van der Waals surface area contributed by atoms with Crippen molar-refractivity contribution in [2.75, 3.05) is 12.8 Å². The van der Waals surface area contributed by atoms with Gasteiger partial charge in [-0.1, -0.05) is 48.5 Å². The van der Waals surface area contributed by atoms with Gasteiger partial charge >= 0.3 is 0 Å². The van der Waals surface area contributed by atoms with Crippen LogP contribution >= 0.6 is 0 Å². The summed E-state index contributed by atoms with van der Waals surface area (Å²) < 4.78 is 11.4. The zero-order chi connectivity index (χ0) is 19.8. The minimum absolute atomic E-state index is 0.367. The number of ether oxygens (including phenoxy) is 2. The Morgan fingerprint density at radius 2 is 1.79 bits per heavy atom. The van der Waals surface area contributed by atoms with E-state index in [1.807, 2.05) is 42.5 Å². The molecule has 0 atom stereocenters. The average Bonchev–Trinajstić information content (AvgIpc) is 2.73. The third-order valence-corrected chi connectivity index (χ3v) is 4.03. The van der Waals surface area contributed by atoms with Gasteiger partial charge in [0, 0.05) is 11.3 Å². The summed E-state index contributed by atoms with van der Waals surface area (Å²) in [4.78, 5) is 12.2. The van der Waals surface area contributed by atoms with Crippen LogP contribution in [0.2, 0.25) is 0 Å². The second-order valence-electron chi connectivity index (χ2n) is 5.94. The summed E-state index contributed by atoms with van der Waals surface area (Å²) in [5, 5.41) is 4.03. The number of nitrogens with two attached hydrogens (primary N) is 1. The van der Waals surface area contributed by atoms with Crippen LogP contribution in [0, 0.1) is 0 Å². The first-order valence-corrected chi connectivity index (χ1v) is 8.70. The maximum absolute atomic E-state index is 12.2. The Morgan fingerprint density at radius 3 is 2.54 bits per heavy atom. The summed E-state index contributed by atoms with van der Waals surface area (Å²) in [6, 6.07) is 22.1. The summed E-state index contributed by atoms with van der Waals surface area (Å²) in [5.74, 6) is 0.744. The molecule has 3 aromatic rings. The minimum Gasteiger partial charge on any atom is -0.493 e. The van der Waals surface area contributed by atoms with Crippen molar-refractivity contribution in [3.63, 3.8) is 0 Å². The van der Waals surface area contributed by atoms with Gasteiger partial charge in [-0.15, -0.1) is 0 Å². The number of carbonyl (C=O) groups excluding carboxylic acids is 1. The lowest BCUT2D eigenvalue weighted by Gasteiger charge is -2.13.